The molecule has 3 N–H and O–H groups in total. The summed E-state index contributed by atoms with van der Waals surface area (Å²) in [5.41, 5.74) is 1.00. The molecule has 100 valence electrons. The maximum Gasteiger partial charge on any atom is 0.243 e. The number of nitrogens with one attached hydrogen (secondary N) is 1. The predicted octanol–water partition coefficient (Wildman–Crippen LogP) is 0.761. The van der Waals surface area contributed by atoms with Gasteiger partial charge in [0.1, 0.15) is 5.75 Å². The predicted molar refractivity (Wildman–Crippen MR) is 66.6 cm³/mol. The van der Waals surface area contributed by atoms with E-state index in [1.54, 1.807) is 12.1 Å². The molecule has 1 fully saturated rings. The molecular weight excluding hydrogens is 246 g/mol. The molecule has 1 aliphatic heterocycles. The van der Waals surface area contributed by atoms with E-state index < -0.39 is 0 Å². The van der Waals surface area contributed by atoms with E-state index >= 15 is 0 Å². The summed E-state index contributed by atoms with van der Waals surface area (Å²) in [6.07, 6.45) is 0.803. The average molecular weight is 261 g/mol. The molecule has 6 nitrogen and oxygen atoms in total. The fourth-order valence-electron chi connectivity index (χ4n) is 2.18. The number of aliphatic hydroxyl groups excluding tert-OH is 1. The third-order valence-electron chi connectivity index (χ3n) is 3.19. The second-order valence-electron chi connectivity index (χ2n) is 4.74. The Morgan fingerprint density at radius 1 is 1.32 bits per heavy atom. The largest absolute Gasteiger partial charge is 0.508 e. The summed E-state index contributed by atoms with van der Waals surface area (Å²) in [5, 5.41) is 25.7. The van der Waals surface area contributed by atoms with E-state index in [0.29, 0.717) is 31.1 Å². The summed E-state index contributed by atoms with van der Waals surface area (Å²) < 4.78 is 5.21. The first-order valence-electron chi connectivity index (χ1n) is 6.22. The van der Waals surface area contributed by atoms with Crippen LogP contribution in [0.3, 0.4) is 0 Å². The van der Waals surface area contributed by atoms with E-state index in [4.69, 9.17) is 4.52 Å². The first kappa shape index (κ1) is 12.1. The van der Waals surface area contributed by atoms with E-state index in [2.05, 4.69) is 15.5 Å². The van der Waals surface area contributed by atoms with Crippen LogP contribution in [0, 0.1) is 0 Å². The third kappa shape index (κ3) is 2.74. The Balaban J connectivity index is 1.69. The SMILES string of the molecule is Oc1ccc(Cc2noc([C@H]3C[C@H](O)CN3)n2)cc1. The number of rotatable bonds is 3. The fraction of sp³-hybridized carbons (Fsp3) is 0.385. The molecule has 0 radical (unpaired) electrons. The highest BCUT2D eigenvalue weighted by molar-refractivity contribution is 5.27. The number of phenolic OH excluding ortho intramolecular Hbond substituents is 1. The maximum absolute atomic E-state index is 9.45. The van der Waals surface area contributed by atoms with E-state index in [9.17, 15) is 10.2 Å². The Kier molecular flexibility index (Phi) is 3.18. The Morgan fingerprint density at radius 3 is 2.79 bits per heavy atom. The van der Waals surface area contributed by atoms with Gasteiger partial charge >= 0.3 is 0 Å². The van der Waals surface area contributed by atoms with Crippen molar-refractivity contribution in [2.75, 3.05) is 6.54 Å². The van der Waals surface area contributed by atoms with Gasteiger partial charge in [0.25, 0.3) is 0 Å². The number of nitrogens with zero attached hydrogens (tertiary/aromatic N) is 2. The molecular formula is C13H15N3O3. The number of aromatic hydroxyl groups is 1. The molecule has 1 aliphatic rings. The summed E-state index contributed by atoms with van der Waals surface area (Å²) >= 11 is 0. The van der Waals surface area contributed by atoms with Crippen LogP contribution in [-0.2, 0) is 6.42 Å². The molecule has 0 saturated carbocycles. The zero-order valence-corrected chi connectivity index (χ0v) is 10.3. The van der Waals surface area contributed by atoms with Gasteiger partial charge in [-0.1, -0.05) is 17.3 Å². The number of aromatic nitrogens is 2. The van der Waals surface area contributed by atoms with Crippen molar-refractivity contribution in [3.8, 4) is 5.75 Å². The number of phenols is 1. The molecule has 0 spiro atoms. The van der Waals surface area contributed by atoms with Gasteiger partial charge in [0.05, 0.1) is 12.1 Å². The topological polar surface area (TPSA) is 91.4 Å². The summed E-state index contributed by atoms with van der Waals surface area (Å²) in [7, 11) is 0. The van der Waals surface area contributed by atoms with Crippen LogP contribution in [-0.4, -0.2) is 33.0 Å². The second-order valence-corrected chi connectivity index (χ2v) is 4.74. The minimum atomic E-state index is -0.350. The Labute approximate surface area is 110 Å². The molecule has 0 amide bonds. The van der Waals surface area contributed by atoms with Gasteiger partial charge in [0, 0.05) is 13.0 Å². The van der Waals surface area contributed by atoms with Crippen LogP contribution in [0.25, 0.3) is 0 Å². The van der Waals surface area contributed by atoms with Gasteiger partial charge in [-0.05, 0) is 24.1 Å². The van der Waals surface area contributed by atoms with Crippen molar-refractivity contribution in [3.63, 3.8) is 0 Å². The van der Waals surface area contributed by atoms with Crippen molar-refractivity contribution in [1.82, 2.24) is 15.5 Å². The molecule has 3 rings (SSSR count). The number of aliphatic hydroxyl groups is 1. The van der Waals surface area contributed by atoms with Crippen LogP contribution in [0.1, 0.15) is 29.7 Å². The highest BCUT2D eigenvalue weighted by atomic mass is 16.5. The van der Waals surface area contributed by atoms with Crippen LogP contribution < -0.4 is 5.32 Å². The van der Waals surface area contributed by atoms with Crippen LogP contribution >= 0.6 is 0 Å². The molecule has 19 heavy (non-hydrogen) atoms. The van der Waals surface area contributed by atoms with E-state index in [0.717, 1.165) is 5.56 Å². The lowest BCUT2D eigenvalue weighted by atomic mass is 10.1. The van der Waals surface area contributed by atoms with Crippen LogP contribution in [0.2, 0.25) is 0 Å². The molecule has 2 aromatic rings. The molecule has 2 heterocycles. The van der Waals surface area contributed by atoms with Gasteiger partial charge in [-0.15, -0.1) is 0 Å². The van der Waals surface area contributed by atoms with Crippen molar-refractivity contribution < 1.29 is 14.7 Å². The lowest BCUT2D eigenvalue weighted by molar-refractivity contribution is 0.191. The first-order valence-corrected chi connectivity index (χ1v) is 6.22. The quantitative estimate of drug-likeness (QED) is 0.755. The van der Waals surface area contributed by atoms with Gasteiger partial charge in [0.2, 0.25) is 5.89 Å². The Bertz CT molecular complexity index is 553. The molecule has 0 unspecified atom stereocenters. The molecule has 2 atom stereocenters. The van der Waals surface area contributed by atoms with Crippen molar-refractivity contribution in [2.24, 2.45) is 0 Å². The highest BCUT2D eigenvalue weighted by Gasteiger charge is 2.27. The number of hydrogen-bond donors (Lipinski definition) is 3. The standard InChI is InChI=1S/C13H15N3O3/c17-9-3-1-8(2-4-9)5-12-15-13(19-16-12)11-6-10(18)7-14-11/h1-4,10-11,14,17-18H,5-7H2/t10-,11+/m0/s1. The number of β-amino-alcohol motifs (C(OH)–C–C–N with tert-alkyl or cyclic N) is 1. The lowest BCUT2D eigenvalue weighted by Gasteiger charge is -2.01. The summed E-state index contributed by atoms with van der Waals surface area (Å²) in [4.78, 5) is 4.33. The maximum atomic E-state index is 9.45. The molecule has 0 aliphatic carbocycles. The van der Waals surface area contributed by atoms with Gasteiger partial charge in [-0.2, -0.15) is 4.98 Å². The zero-order valence-electron chi connectivity index (χ0n) is 10.3. The zero-order chi connectivity index (χ0) is 13.2. The van der Waals surface area contributed by atoms with Gasteiger partial charge < -0.3 is 20.1 Å². The van der Waals surface area contributed by atoms with Gasteiger partial charge in [-0.3, -0.25) is 0 Å². The molecule has 0 bridgehead atoms. The number of benzene rings is 1. The number of hydrogen-bond acceptors (Lipinski definition) is 6. The molecule has 1 aromatic carbocycles. The minimum absolute atomic E-state index is 0.0592. The fourth-order valence-corrected chi connectivity index (χ4v) is 2.18. The monoisotopic (exact) mass is 261 g/mol. The van der Waals surface area contributed by atoms with E-state index in [1.165, 1.54) is 0 Å². The van der Waals surface area contributed by atoms with Crippen LogP contribution in [0.15, 0.2) is 28.8 Å². The molecule has 6 heteroatoms. The van der Waals surface area contributed by atoms with Crippen molar-refractivity contribution in [3.05, 3.63) is 41.5 Å². The Morgan fingerprint density at radius 2 is 2.11 bits per heavy atom. The van der Waals surface area contributed by atoms with Crippen molar-refractivity contribution in [1.29, 1.82) is 0 Å². The normalized spacial score (nSPS) is 22.8. The Hall–Kier alpha value is -1.92. The highest BCUT2D eigenvalue weighted by Crippen LogP contribution is 2.22. The van der Waals surface area contributed by atoms with Crippen LogP contribution in [0.5, 0.6) is 5.75 Å². The van der Waals surface area contributed by atoms with E-state index in [1.807, 2.05) is 12.1 Å². The van der Waals surface area contributed by atoms with Crippen molar-refractivity contribution >= 4 is 0 Å². The second kappa shape index (κ2) is 4.99. The summed E-state index contributed by atoms with van der Waals surface area (Å²) in [6.45, 7) is 0.556. The smallest absolute Gasteiger partial charge is 0.243 e. The molecule has 1 aromatic heterocycles. The van der Waals surface area contributed by atoms with Gasteiger partial charge in [0.15, 0.2) is 5.82 Å². The minimum Gasteiger partial charge on any atom is -0.508 e. The summed E-state index contributed by atoms with van der Waals surface area (Å²) in [5.74, 6) is 1.36. The van der Waals surface area contributed by atoms with Crippen LogP contribution in [0.4, 0.5) is 0 Å². The van der Waals surface area contributed by atoms with E-state index in [-0.39, 0.29) is 17.9 Å². The van der Waals surface area contributed by atoms with Gasteiger partial charge in [-0.25, -0.2) is 0 Å². The average Bonchev–Trinajstić information content (AvgIpc) is 3.01. The molecule has 1 saturated heterocycles. The lowest BCUT2D eigenvalue weighted by Crippen LogP contribution is -2.15. The van der Waals surface area contributed by atoms with Crippen molar-refractivity contribution in [2.45, 2.75) is 25.0 Å². The third-order valence-corrected chi connectivity index (χ3v) is 3.19. The first-order chi connectivity index (χ1) is 9.20. The summed E-state index contributed by atoms with van der Waals surface area (Å²) in [6, 6.07) is 6.85.